The summed E-state index contributed by atoms with van der Waals surface area (Å²) in [7, 11) is 0. The normalized spacial score (nSPS) is 25.2. The summed E-state index contributed by atoms with van der Waals surface area (Å²) in [5, 5.41) is 6.04. The van der Waals surface area contributed by atoms with Gasteiger partial charge in [0.2, 0.25) is 11.8 Å². The van der Waals surface area contributed by atoms with Crippen molar-refractivity contribution in [3.8, 4) is 0 Å². The standard InChI is InChI=1S/C13H23N3O2/c1-3-8-15-13(18)9(2)16-11-6-4-10(5-7-11)12(14)17/h3,9-11,16H,1,4-8H2,2H3,(H2,14,17)(H,15,18). The summed E-state index contributed by atoms with van der Waals surface area (Å²) in [5.74, 6) is -0.218. The van der Waals surface area contributed by atoms with Gasteiger partial charge in [-0.25, -0.2) is 0 Å². The monoisotopic (exact) mass is 253 g/mol. The average Bonchev–Trinajstić information content (AvgIpc) is 2.36. The molecule has 5 heteroatoms. The number of nitrogens with two attached hydrogens (primary N) is 1. The zero-order valence-electron chi connectivity index (χ0n) is 10.9. The molecule has 0 aliphatic heterocycles. The van der Waals surface area contributed by atoms with Crippen molar-refractivity contribution in [1.82, 2.24) is 10.6 Å². The zero-order valence-corrected chi connectivity index (χ0v) is 10.9. The molecule has 1 atom stereocenters. The van der Waals surface area contributed by atoms with Crippen molar-refractivity contribution in [3.05, 3.63) is 12.7 Å². The van der Waals surface area contributed by atoms with Crippen LogP contribution in [-0.4, -0.2) is 30.4 Å². The van der Waals surface area contributed by atoms with Gasteiger partial charge in [-0.15, -0.1) is 6.58 Å². The Kier molecular flexibility index (Phi) is 5.85. The largest absolute Gasteiger partial charge is 0.369 e. The molecule has 1 saturated carbocycles. The van der Waals surface area contributed by atoms with Gasteiger partial charge in [-0.2, -0.15) is 0 Å². The first kappa shape index (κ1) is 14.7. The van der Waals surface area contributed by atoms with E-state index in [0.29, 0.717) is 12.6 Å². The zero-order chi connectivity index (χ0) is 13.5. The summed E-state index contributed by atoms with van der Waals surface area (Å²) in [6.45, 7) is 5.88. The van der Waals surface area contributed by atoms with Crippen LogP contribution in [0.5, 0.6) is 0 Å². The predicted molar refractivity (Wildman–Crippen MR) is 70.7 cm³/mol. The Morgan fingerprint density at radius 2 is 2.00 bits per heavy atom. The van der Waals surface area contributed by atoms with Gasteiger partial charge in [-0.05, 0) is 32.6 Å². The lowest BCUT2D eigenvalue weighted by Gasteiger charge is -2.29. The van der Waals surface area contributed by atoms with Crippen molar-refractivity contribution in [2.45, 2.75) is 44.7 Å². The van der Waals surface area contributed by atoms with E-state index >= 15 is 0 Å². The van der Waals surface area contributed by atoms with Gasteiger partial charge in [-0.3, -0.25) is 9.59 Å². The van der Waals surface area contributed by atoms with Crippen LogP contribution in [0, 0.1) is 5.92 Å². The van der Waals surface area contributed by atoms with Crippen molar-refractivity contribution >= 4 is 11.8 Å². The molecule has 1 unspecified atom stereocenters. The molecule has 0 aromatic heterocycles. The van der Waals surface area contributed by atoms with Gasteiger partial charge in [0.15, 0.2) is 0 Å². The van der Waals surface area contributed by atoms with Crippen LogP contribution in [0.4, 0.5) is 0 Å². The summed E-state index contributed by atoms with van der Waals surface area (Å²) >= 11 is 0. The molecule has 0 aromatic rings. The SMILES string of the molecule is C=CCNC(=O)C(C)NC1CCC(C(N)=O)CC1. The van der Waals surface area contributed by atoms with E-state index in [2.05, 4.69) is 17.2 Å². The molecule has 1 fully saturated rings. The van der Waals surface area contributed by atoms with Gasteiger partial charge in [-0.1, -0.05) is 6.08 Å². The first-order valence-corrected chi connectivity index (χ1v) is 6.48. The topological polar surface area (TPSA) is 84.2 Å². The number of carbonyl (C=O) groups is 2. The van der Waals surface area contributed by atoms with E-state index < -0.39 is 0 Å². The van der Waals surface area contributed by atoms with E-state index in [-0.39, 0.29) is 23.8 Å². The first-order chi connectivity index (χ1) is 8.54. The molecule has 1 rings (SSSR count). The lowest BCUT2D eigenvalue weighted by molar-refractivity contribution is -0.124. The summed E-state index contributed by atoms with van der Waals surface area (Å²) in [6.07, 6.45) is 5.07. The summed E-state index contributed by atoms with van der Waals surface area (Å²) in [5.41, 5.74) is 5.28. The molecule has 0 bridgehead atoms. The van der Waals surface area contributed by atoms with Crippen LogP contribution in [0.15, 0.2) is 12.7 Å². The summed E-state index contributed by atoms with van der Waals surface area (Å²) in [6, 6.07) is 0.0742. The fourth-order valence-corrected chi connectivity index (χ4v) is 2.30. The minimum absolute atomic E-state index is 0.00736. The third kappa shape index (κ3) is 4.49. The Bertz CT molecular complexity index is 309. The van der Waals surface area contributed by atoms with E-state index in [9.17, 15) is 9.59 Å². The van der Waals surface area contributed by atoms with Crippen molar-refractivity contribution in [2.24, 2.45) is 11.7 Å². The van der Waals surface area contributed by atoms with Crippen LogP contribution in [0.2, 0.25) is 0 Å². The van der Waals surface area contributed by atoms with Crippen LogP contribution >= 0.6 is 0 Å². The molecule has 0 aromatic carbocycles. The Morgan fingerprint density at radius 1 is 1.39 bits per heavy atom. The minimum atomic E-state index is -0.222. The number of hydrogen-bond donors (Lipinski definition) is 3. The molecule has 18 heavy (non-hydrogen) atoms. The van der Waals surface area contributed by atoms with E-state index in [1.54, 1.807) is 6.08 Å². The van der Waals surface area contributed by atoms with Crippen LogP contribution in [0.25, 0.3) is 0 Å². The van der Waals surface area contributed by atoms with Crippen LogP contribution in [-0.2, 0) is 9.59 Å². The van der Waals surface area contributed by atoms with Crippen LogP contribution in [0.1, 0.15) is 32.6 Å². The highest BCUT2D eigenvalue weighted by molar-refractivity contribution is 5.81. The number of primary amides is 1. The van der Waals surface area contributed by atoms with Gasteiger partial charge in [0.1, 0.15) is 0 Å². The molecule has 2 amide bonds. The highest BCUT2D eigenvalue weighted by Crippen LogP contribution is 2.24. The molecule has 5 nitrogen and oxygen atoms in total. The fourth-order valence-electron chi connectivity index (χ4n) is 2.30. The molecule has 4 N–H and O–H groups in total. The van der Waals surface area contributed by atoms with Crippen LogP contribution in [0.3, 0.4) is 0 Å². The maximum atomic E-state index is 11.7. The molecule has 0 radical (unpaired) electrons. The fraction of sp³-hybridized carbons (Fsp3) is 0.692. The van der Waals surface area contributed by atoms with Gasteiger partial charge in [0.05, 0.1) is 6.04 Å². The van der Waals surface area contributed by atoms with E-state index in [4.69, 9.17) is 5.73 Å². The lowest BCUT2D eigenvalue weighted by Crippen LogP contribution is -2.48. The van der Waals surface area contributed by atoms with E-state index in [1.807, 2.05) is 6.92 Å². The van der Waals surface area contributed by atoms with Crippen molar-refractivity contribution < 1.29 is 9.59 Å². The molecule has 0 spiro atoms. The molecule has 1 aliphatic carbocycles. The number of hydrogen-bond acceptors (Lipinski definition) is 3. The Labute approximate surface area is 108 Å². The maximum Gasteiger partial charge on any atom is 0.237 e. The Hall–Kier alpha value is -1.36. The number of amides is 2. The minimum Gasteiger partial charge on any atom is -0.369 e. The second kappa shape index (κ2) is 7.16. The highest BCUT2D eigenvalue weighted by Gasteiger charge is 2.26. The van der Waals surface area contributed by atoms with Crippen LogP contribution < -0.4 is 16.4 Å². The molecule has 0 saturated heterocycles. The van der Waals surface area contributed by atoms with Gasteiger partial charge < -0.3 is 16.4 Å². The quantitative estimate of drug-likeness (QED) is 0.596. The molecular weight excluding hydrogens is 230 g/mol. The summed E-state index contributed by atoms with van der Waals surface area (Å²) in [4.78, 5) is 22.7. The number of carbonyl (C=O) groups excluding carboxylic acids is 2. The average molecular weight is 253 g/mol. The van der Waals surface area contributed by atoms with Gasteiger partial charge in [0.25, 0.3) is 0 Å². The highest BCUT2D eigenvalue weighted by atomic mass is 16.2. The molecular formula is C13H23N3O2. The third-order valence-corrected chi connectivity index (χ3v) is 3.43. The predicted octanol–water partition coefficient (Wildman–Crippen LogP) is 0.311. The third-order valence-electron chi connectivity index (χ3n) is 3.43. The smallest absolute Gasteiger partial charge is 0.237 e. The number of nitrogens with one attached hydrogen (secondary N) is 2. The molecule has 1 aliphatic rings. The summed E-state index contributed by atoms with van der Waals surface area (Å²) < 4.78 is 0. The second-order valence-corrected chi connectivity index (χ2v) is 4.87. The van der Waals surface area contributed by atoms with E-state index in [1.165, 1.54) is 0 Å². The van der Waals surface area contributed by atoms with Crippen molar-refractivity contribution in [2.75, 3.05) is 6.54 Å². The van der Waals surface area contributed by atoms with Crippen molar-refractivity contribution in [1.29, 1.82) is 0 Å². The van der Waals surface area contributed by atoms with Gasteiger partial charge >= 0.3 is 0 Å². The van der Waals surface area contributed by atoms with Crippen molar-refractivity contribution in [3.63, 3.8) is 0 Å². The first-order valence-electron chi connectivity index (χ1n) is 6.48. The Balaban J connectivity index is 2.29. The van der Waals surface area contributed by atoms with E-state index in [0.717, 1.165) is 25.7 Å². The molecule has 0 heterocycles. The lowest BCUT2D eigenvalue weighted by atomic mass is 9.85. The maximum absolute atomic E-state index is 11.7. The van der Waals surface area contributed by atoms with Gasteiger partial charge in [0, 0.05) is 18.5 Å². The number of rotatable bonds is 6. The second-order valence-electron chi connectivity index (χ2n) is 4.87. The molecule has 102 valence electrons. The Morgan fingerprint density at radius 3 is 2.50 bits per heavy atom.